The lowest BCUT2D eigenvalue weighted by Gasteiger charge is -2.42. The van der Waals surface area contributed by atoms with Crippen LogP contribution in [0.25, 0.3) is 0 Å². The van der Waals surface area contributed by atoms with Gasteiger partial charge in [0.25, 0.3) is 0 Å². The summed E-state index contributed by atoms with van der Waals surface area (Å²) in [6, 6.07) is 15.0. The molecule has 5 nitrogen and oxygen atoms in total. The molecular weight excluding hydrogens is 408 g/mol. The Labute approximate surface area is 196 Å². The molecule has 3 aromatic rings. The van der Waals surface area contributed by atoms with Crippen molar-refractivity contribution in [3.05, 3.63) is 82.3 Å². The predicted molar refractivity (Wildman–Crippen MR) is 133 cm³/mol. The molecule has 1 aromatic heterocycles. The van der Waals surface area contributed by atoms with E-state index in [4.69, 9.17) is 9.97 Å². The first-order valence-electron chi connectivity index (χ1n) is 12.1. The average molecular weight is 441 g/mol. The summed E-state index contributed by atoms with van der Waals surface area (Å²) in [6.07, 6.45) is 8.24. The smallest absolute Gasteiger partial charge is 0.289 e. The number of carbonyl (C=O) groups is 1. The van der Waals surface area contributed by atoms with Crippen molar-refractivity contribution in [1.82, 2.24) is 9.97 Å². The largest absolute Gasteiger partial charge is 0.330 e. The molecule has 1 aliphatic heterocycles. The van der Waals surface area contributed by atoms with Gasteiger partial charge in [0.15, 0.2) is 0 Å². The van der Waals surface area contributed by atoms with Crippen LogP contribution in [0.5, 0.6) is 0 Å². The first-order chi connectivity index (χ1) is 16.0. The summed E-state index contributed by atoms with van der Waals surface area (Å²) in [7, 11) is 0. The minimum atomic E-state index is 0.0479. The van der Waals surface area contributed by atoms with Crippen LogP contribution < -0.4 is 9.80 Å². The number of para-hydroxylation sites is 1. The first-order valence-corrected chi connectivity index (χ1v) is 12.1. The number of hydrogen-bond acceptors (Lipinski definition) is 3. The fraction of sp³-hybridized carbons (Fsp3) is 0.393. The third kappa shape index (κ3) is 4.24. The van der Waals surface area contributed by atoms with Crippen LogP contribution in [0.4, 0.5) is 16.3 Å². The van der Waals surface area contributed by atoms with Gasteiger partial charge in [-0.15, -0.1) is 0 Å². The first kappa shape index (κ1) is 21.6. The molecule has 0 saturated heterocycles. The van der Waals surface area contributed by atoms with Crippen molar-refractivity contribution in [3.63, 3.8) is 0 Å². The number of fused-ring (bicyclic) bond motifs is 1. The van der Waals surface area contributed by atoms with Gasteiger partial charge < -0.3 is 0 Å². The minimum Gasteiger partial charge on any atom is -0.289 e. The van der Waals surface area contributed by atoms with E-state index in [1.807, 2.05) is 16.0 Å². The van der Waals surface area contributed by atoms with E-state index in [0.29, 0.717) is 13.0 Å². The Morgan fingerprint density at radius 3 is 2.33 bits per heavy atom. The van der Waals surface area contributed by atoms with E-state index in [1.165, 1.54) is 17.5 Å². The summed E-state index contributed by atoms with van der Waals surface area (Å²) in [4.78, 5) is 27.6. The predicted octanol–water partition coefficient (Wildman–Crippen LogP) is 6.27. The number of amides is 2. The number of rotatable bonds is 4. The Kier molecular flexibility index (Phi) is 5.88. The Morgan fingerprint density at radius 1 is 0.939 bits per heavy atom. The zero-order valence-electron chi connectivity index (χ0n) is 19.8. The highest BCUT2D eigenvalue weighted by Crippen LogP contribution is 2.37. The zero-order chi connectivity index (χ0) is 22.9. The quantitative estimate of drug-likeness (QED) is 0.480. The van der Waals surface area contributed by atoms with Gasteiger partial charge in [0.2, 0.25) is 0 Å². The Morgan fingerprint density at radius 2 is 1.64 bits per heavy atom. The normalized spacial score (nSPS) is 16.8. The molecule has 170 valence electrons. The fourth-order valence-corrected chi connectivity index (χ4v) is 5.26. The van der Waals surface area contributed by atoms with Crippen molar-refractivity contribution < 1.29 is 4.79 Å². The van der Waals surface area contributed by atoms with Gasteiger partial charge in [0, 0.05) is 24.2 Å². The number of aromatic nitrogens is 2. The number of nitrogens with zero attached hydrogens (tertiary/aromatic N) is 4. The SMILES string of the molecule is Cc1ccc(Cc2ncc3c(n2)N(C2CCCCC2)C(=O)N(c2c(C)cccc2C)C3)cc1. The van der Waals surface area contributed by atoms with Gasteiger partial charge in [-0.1, -0.05) is 67.3 Å². The van der Waals surface area contributed by atoms with Crippen LogP contribution in [0.15, 0.2) is 48.7 Å². The molecule has 33 heavy (non-hydrogen) atoms. The second-order valence-electron chi connectivity index (χ2n) is 9.57. The zero-order valence-corrected chi connectivity index (χ0v) is 19.8. The van der Waals surface area contributed by atoms with E-state index in [2.05, 4.69) is 63.2 Å². The van der Waals surface area contributed by atoms with E-state index in [1.54, 1.807) is 0 Å². The van der Waals surface area contributed by atoms with Crippen molar-refractivity contribution in [2.45, 2.75) is 71.9 Å². The molecule has 1 saturated carbocycles. The molecule has 0 bridgehead atoms. The molecule has 1 aliphatic carbocycles. The summed E-state index contributed by atoms with van der Waals surface area (Å²) < 4.78 is 0. The molecule has 2 amide bonds. The van der Waals surface area contributed by atoms with Crippen LogP contribution in [-0.4, -0.2) is 22.0 Å². The maximum absolute atomic E-state index is 14.0. The second-order valence-corrected chi connectivity index (χ2v) is 9.57. The number of aryl methyl sites for hydroxylation is 3. The lowest BCUT2D eigenvalue weighted by Crippen LogP contribution is -2.53. The second kappa shape index (κ2) is 8.97. The van der Waals surface area contributed by atoms with Crippen molar-refractivity contribution in [2.24, 2.45) is 0 Å². The molecule has 5 rings (SSSR count). The Bertz CT molecular complexity index is 1140. The topological polar surface area (TPSA) is 49.3 Å². The lowest BCUT2D eigenvalue weighted by atomic mass is 9.93. The molecule has 1 fully saturated rings. The van der Waals surface area contributed by atoms with Crippen molar-refractivity contribution in [2.75, 3.05) is 9.80 Å². The van der Waals surface area contributed by atoms with Gasteiger partial charge in [0.05, 0.1) is 12.2 Å². The number of carbonyl (C=O) groups excluding carboxylic acids is 1. The molecule has 2 aromatic carbocycles. The van der Waals surface area contributed by atoms with Crippen LogP contribution in [0, 0.1) is 20.8 Å². The van der Waals surface area contributed by atoms with E-state index in [0.717, 1.165) is 59.7 Å². The number of hydrogen-bond donors (Lipinski definition) is 0. The van der Waals surface area contributed by atoms with Crippen LogP contribution in [0.1, 0.15) is 65.7 Å². The van der Waals surface area contributed by atoms with Crippen LogP contribution in [-0.2, 0) is 13.0 Å². The number of urea groups is 1. The molecule has 0 N–H and O–H groups in total. The van der Waals surface area contributed by atoms with Gasteiger partial charge in [-0.25, -0.2) is 14.8 Å². The monoisotopic (exact) mass is 440 g/mol. The standard InChI is InChI=1S/C28H32N4O/c1-19-12-14-22(15-13-19)16-25-29-17-23-18-31(26-20(2)8-7-9-21(26)3)28(33)32(27(23)30-25)24-10-5-4-6-11-24/h7-9,12-15,17,24H,4-6,10-11,16,18H2,1-3H3. The van der Waals surface area contributed by atoms with Gasteiger partial charge in [-0.3, -0.25) is 9.80 Å². The molecule has 5 heteroatoms. The molecule has 0 radical (unpaired) electrons. The van der Waals surface area contributed by atoms with Crippen molar-refractivity contribution >= 4 is 17.5 Å². The molecule has 2 heterocycles. The van der Waals surface area contributed by atoms with Gasteiger partial charge >= 0.3 is 6.03 Å². The van der Waals surface area contributed by atoms with Crippen LogP contribution in [0.3, 0.4) is 0 Å². The number of benzene rings is 2. The van der Waals surface area contributed by atoms with E-state index in [9.17, 15) is 4.79 Å². The summed E-state index contributed by atoms with van der Waals surface area (Å²) in [5, 5.41) is 0. The highest BCUT2D eigenvalue weighted by Gasteiger charge is 2.38. The summed E-state index contributed by atoms with van der Waals surface area (Å²) in [6.45, 7) is 6.76. The van der Waals surface area contributed by atoms with Crippen LogP contribution in [0.2, 0.25) is 0 Å². The van der Waals surface area contributed by atoms with Gasteiger partial charge in [-0.05, 0) is 50.3 Å². The number of anilines is 2. The average Bonchev–Trinajstić information content (AvgIpc) is 2.81. The van der Waals surface area contributed by atoms with Gasteiger partial charge in [0.1, 0.15) is 11.6 Å². The molecular formula is C28H32N4O. The molecule has 0 spiro atoms. The van der Waals surface area contributed by atoms with Crippen molar-refractivity contribution in [1.29, 1.82) is 0 Å². The fourth-order valence-electron chi connectivity index (χ4n) is 5.26. The van der Waals surface area contributed by atoms with E-state index < -0.39 is 0 Å². The summed E-state index contributed by atoms with van der Waals surface area (Å²) in [5.74, 6) is 1.58. The maximum Gasteiger partial charge on any atom is 0.330 e. The molecule has 2 aliphatic rings. The lowest BCUT2D eigenvalue weighted by molar-refractivity contribution is 0.244. The third-order valence-corrected chi connectivity index (χ3v) is 7.02. The summed E-state index contributed by atoms with van der Waals surface area (Å²) >= 11 is 0. The Hall–Kier alpha value is -3.21. The van der Waals surface area contributed by atoms with Crippen LogP contribution >= 0.6 is 0 Å². The van der Waals surface area contributed by atoms with Gasteiger partial charge in [-0.2, -0.15) is 0 Å². The maximum atomic E-state index is 14.0. The summed E-state index contributed by atoms with van der Waals surface area (Å²) in [5.41, 5.74) is 6.70. The third-order valence-electron chi connectivity index (χ3n) is 7.02. The molecule has 0 atom stereocenters. The Balaban J connectivity index is 1.55. The highest BCUT2D eigenvalue weighted by molar-refractivity contribution is 6.06. The highest BCUT2D eigenvalue weighted by atomic mass is 16.2. The molecule has 0 unspecified atom stereocenters. The van der Waals surface area contributed by atoms with E-state index in [-0.39, 0.29) is 12.1 Å². The van der Waals surface area contributed by atoms with Crippen molar-refractivity contribution in [3.8, 4) is 0 Å². The minimum absolute atomic E-state index is 0.0479. The van der Waals surface area contributed by atoms with E-state index >= 15 is 0 Å².